The van der Waals surface area contributed by atoms with Crippen LogP contribution in [0, 0.1) is 0 Å². The van der Waals surface area contributed by atoms with Gasteiger partial charge in [-0.2, -0.15) is 0 Å². The molecule has 2 heteroatoms. The van der Waals surface area contributed by atoms with Gasteiger partial charge >= 0.3 is 0 Å². The molecule has 0 saturated carbocycles. The van der Waals surface area contributed by atoms with Crippen LogP contribution in [0.4, 0.5) is 5.69 Å². The Morgan fingerprint density at radius 1 is 1.27 bits per heavy atom. The van der Waals surface area contributed by atoms with E-state index in [1.165, 1.54) is 16.2 Å². The Bertz CT molecular complexity index is 496. The van der Waals surface area contributed by atoms with Crippen LogP contribution >= 0.6 is 0 Å². The molecule has 0 amide bonds. The molecule has 0 saturated heterocycles. The van der Waals surface area contributed by atoms with Gasteiger partial charge in [-0.1, -0.05) is 6.07 Å². The molecule has 0 radical (unpaired) electrons. The van der Waals surface area contributed by atoms with Gasteiger partial charge in [-0.15, -0.1) is 0 Å². The molecule has 4 bridgehead atoms. The number of nitrogen functional groups attached to an aromatic ring is 1. The van der Waals surface area contributed by atoms with Crippen molar-refractivity contribution in [3.05, 3.63) is 24.4 Å². The number of hydrogen-bond acceptors (Lipinski definition) is 2. The highest BCUT2D eigenvalue weighted by Crippen LogP contribution is 2.35. The lowest BCUT2D eigenvalue weighted by Crippen LogP contribution is -1.94. The van der Waals surface area contributed by atoms with Crippen LogP contribution in [0.5, 0.6) is 0 Å². The zero-order valence-corrected chi connectivity index (χ0v) is 5.83. The van der Waals surface area contributed by atoms with E-state index in [-0.39, 0.29) is 0 Å². The molecular formula is C9H6N2. The van der Waals surface area contributed by atoms with Crippen molar-refractivity contribution < 1.29 is 0 Å². The maximum atomic E-state index is 5.73. The average Bonchev–Trinajstić information content (AvgIpc) is 1.99. The van der Waals surface area contributed by atoms with Gasteiger partial charge in [0.25, 0.3) is 0 Å². The van der Waals surface area contributed by atoms with Gasteiger partial charge in [-0.3, -0.25) is 4.98 Å². The van der Waals surface area contributed by atoms with E-state index < -0.39 is 0 Å². The summed E-state index contributed by atoms with van der Waals surface area (Å²) >= 11 is 0. The number of anilines is 1. The molecule has 1 aromatic heterocycles. The quantitative estimate of drug-likeness (QED) is 0.520. The molecule has 0 aliphatic carbocycles. The van der Waals surface area contributed by atoms with Gasteiger partial charge in [-0.05, 0) is 17.5 Å². The van der Waals surface area contributed by atoms with Crippen LogP contribution in [0.3, 0.4) is 0 Å². The minimum Gasteiger partial charge on any atom is -0.397 e. The van der Waals surface area contributed by atoms with Crippen LogP contribution in [-0.2, 0) is 0 Å². The Hall–Kier alpha value is -1.57. The summed E-state index contributed by atoms with van der Waals surface area (Å²) in [5.41, 5.74) is 7.57. The molecule has 0 aliphatic rings. The predicted octanol–water partition coefficient (Wildman–Crippen LogP) is 1.85. The summed E-state index contributed by atoms with van der Waals surface area (Å²) in [6.45, 7) is 0. The standard InChI is InChI=1S/C9H6N2/c10-7-4-11-8-2-1-5-3-6(8)9(5)7/h1-4H,10H2. The fourth-order valence-electron chi connectivity index (χ4n) is 1.61. The summed E-state index contributed by atoms with van der Waals surface area (Å²) in [6.07, 6.45) is 1.73. The molecule has 0 atom stereocenters. The largest absolute Gasteiger partial charge is 0.397 e. The number of nitrogens with zero attached hydrogens (tertiary/aromatic N) is 1. The van der Waals surface area contributed by atoms with Crippen molar-refractivity contribution in [1.29, 1.82) is 0 Å². The molecule has 11 heavy (non-hydrogen) atoms. The Morgan fingerprint density at radius 3 is 2.91 bits per heavy atom. The zero-order chi connectivity index (χ0) is 7.42. The summed E-state index contributed by atoms with van der Waals surface area (Å²) < 4.78 is 0. The molecule has 0 spiro atoms. The number of aromatic nitrogens is 1. The number of fused-ring (bicyclic) bond motifs is 1. The van der Waals surface area contributed by atoms with Crippen molar-refractivity contribution in [2.45, 2.75) is 0 Å². The van der Waals surface area contributed by atoms with E-state index in [0.29, 0.717) is 0 Å². The summed E-state index contributed by atoms with van der Waals surface area (Å²) in [6, 6.07) is 6.20. The van der Waals surface area contributed by atoms with E-state index in [0.717, 1.165) is 11.2 Å². The van der Waals surface area contributed by atoms with Crippen LogP contribution in [0.15, 0.2) is 24.4 Å². The van der Waals surface area contributed by atoms with Crippen molar-refractivity contribution >= 4 is 27.4 Å². The van der Waals surface area contributed by atoms with Gasteiger partial charge < -0.3 is 5.73 Å². The lowest BCUT2D eigenvalue weighted by atomic mass is 9.97. The lowest BCUT2D eigenvalue weighted by molar-refractivity contribution is 1.42. The number of pyridine rings is 1. The summed E-state index contributed by atoms with van der Waals surface area (Å²) in [5, 5.41) is 3.65. The van der Waals surface area contributed by atoms with Crippen molar-refractivity contribution in [1.82, 2.24) is 4.98 Å². The molecule has 0 unspecified atom stereocenters. The molecular weight excluding hydrogens is 136 g/mol. The van der Waals surface area contributed by atoms with Crippen LogP contribution in [0.2, 0.25) is 0 Å². The minimum atomic E-state index is 0.797. The van der Waals surface area contributed by atoms with Crippen LogP contribution < -0.4 is 5.73 Å². The van der Waals surface area contributed by atoms with E-state index in [4.69, 9.17) is 5.73 Å². The van der Waals surface area contributed by atoms with Crippen molar-refractivity contribution in [3.8, 4) is 0 Å². The molecule has 0 aliphatic heterocycles. The smallest absolute Gasteiger partial charge is 0.0710 e. The maximum absolute atomic E-state index is 5.73. The number of hydrogen-bond donors (Lipinski definition) is 1. The number of benzene rings is 2. The number of rotatable bonds is 0. The van der Waals surface area contributed by atoms with Crippen molar-refractivity contribution in [2.75, 3.05) is 5.73 Å². The maximum Gasteiger partial charge on any atom is 0.0710 e. The predicted molar refractivity (Wildman–Crippen MR) is 46.0 cm³/mol. The van der Waals surface area contributed by atoms with Crippen LogP contribution in [-0.4, -0.2) is 4.98 Å². The van der Waals surface area contributed by atoms with Gasteiger partial charge in [0.05, 0.1) is 17.4 Å². The van der Waals surface area contributed by atoms with Gasteiger partial charge in [0, 0.05) is 10.8 Å². The normalized spacial score (nSPS) is 12.0. The van der Waals surface area contributed by atoms with Crippen LogP contribution in [0.1, 0.15) is 0 Å². The van der Waals surface area contributed by atoms with Gasteiger partial charge in [-0.25, -0.2) is 0 Å². The molecule has 2 N–H and O–H groups in total. The Balaban J connectivity index is 2.74. The Labute approximate surface area is 63.3 Å². The first-order valence-corrected chi connectivity index (χ1v) is 3.55. The molecule has 4 aromatic rings. The topological polar surface area (TPSA) is 38.9 Å². The summed E-state index contributed by atoms with van der Waals surface area (Å²) in [4.78, 5) is 4.19. The molecule has 1 heterocycles. The first-order valence-electron chi connectivity index (χ1n) is 3.55. The van der Waals surface area contributed by atoms with Crippen LogP contribution in [0.25, 0.3) is 21.7 Å². The minimum absolute atomic E-state index is 0.797. The van der Waals surface area contributed by atoms with E-state index in [9.17, 15) is 0 Å². The molecule has 4 rings (SSSR count). The first-order chi connectivity index (χ1) is 5.36. The fourth-order valence-corrected chi connectivity index (χ4v) is 1.61. The summed E-state index contributed by atoms with van der Waals surface area (Å²) in [7, 11) is 0. The zero-order valence-electron chi connectivity index (χ0n) is 5.83. The molecule has 52 valence electrons. The van der Waals surface area contributed by atoms with Gasteiger partial charge in [0.15, 0.2) is 0 Å². The van der Waals surface area contributed by atoms with Gasteiger partial charge in [0.1, 0.15) is 0 Å². The third-order valence-electron chi connectivity index (χ3n) is 2.19. The average molecular weight is 142 g/mol. The monoisotopic (exact) mass is 142 g/mol. The molecule has 0 fully saturated rings. The highest BCUT2D eigenvalue weighted by atomic mass is 14.7. The van der Waals surface area contributed by atoms with Gasteiger partial charge in [0.2, 0.25) is 0 Å². The van der Waals surface area contributed by atoms with E-state index in [1.807, 2.05) is 6.07 Å². The van der Waals surface area contributed by atoms with E-state index in [1.54, 1.807) is 6.20 Å². The third-order valence-corrected chi connectivity index (χ3v) is 2.19. The molecule has 2 nitrogen and oxygen atoms in total. The second kappa shape index (κ2) is 1.37. The van der Waals surface area contributed by atoms with Crippen molar-refractivity contribution in [2.24, 2.45) is 0 Å². The van der Waals surface area contributed by atoms with E-state index >= 15 is 0 Å². The fraction of sp³-hybridized carbons (Fsp3) is 0. The van der Waals surface area contributed by atoms with E-state index in [2.05, 4.69) is 17.1 Å². The SMILES string of the molecule is Nc1cnc2ccc3cc2c13. The highest BCUT2D eigenvalue weighted by Gasteiger charge is 2.10. The second-order valence-electron chi connectivity index (χ2n) is 2.82. The molecule has 3 aromatic carbocycles. The Morgan fingerprint density at radius 2 is 2.18 bits per heavy atom. The highest BCUT2D eigenvalue weighted by molar-refractivity contribution is 6.20. The second-order valence-corrected chi connectivity index (χ2v) is 2.82. The third kappa shape index (κ3) is 0.431. The summed E-state index contributed by atoms with van der Waals surface area (Å²) in [5.74, 6) is 0. The van der Waals surface area contributed by atoms with Crippen molar-refractivity contribution in [3.63, 3.8) is 0 Å². The first kappa shape index (κ1) is 5.13. The number of nitrogens with two attached hydrogens (primary N) is 1. The Kier molecular flexibility index (Phi) is 0.639. The lowest BCUT2D eigenvalue weighted by Gasteiger charge is -2.11.